The van der Waals surface area contributed by atoms with Crippen LogP contribution in [0.25, 0.3) is 0 Å². The third-order valence-electron chi connectivity index (χ3n) is 3.39. The van der Waals surface area contributed by atoms with Crippen molar-refractivity contribution in [1.29, 1.82) is 0 Å². The summed E-state index contributed by atoms with van der Waals surface area (Å²) < 4.78 is 0. The van der Waals surface area contributed by atoms with E-state index in [1.165, 1.54) is 0 Å². The minimum atomic E-state index is -1.44. The maximum atomic E-state index is 12.3. The summed E-state index contributed by atoms with van der Waals surface area (Å²) in [4.78, 5) is 35.4. The molecule has 1 aromatic carbocycles. The van der Waals surface area contributed by atoms with Crippen LogP contribution in [0, 0.1) is 12.8 Å². The summed E-state index contributed by atoms with van der Waals surface area (Å²) in [5, 5.41) is 15.8. The predicted octanol–water partition coefficient (Wildman–Crippen LogP) is -0.469. The first kappa shape index (κ1) is 19.0. The van der Waals surface area contributed by atoms with E-state index in [0.29, 0.717) is 5.56 Å². The maximum absolute atomic E-state index is 12.3. The van der Waals surface area contributed by atoms with Gasteiger partial charge < -0.3 is 33.2 Å². The Morgan fingerprint density at radius 2 is 1.78 bits per heavy atom. The van der Waals surface area contributed by atoms with E-state index in [2.05, 4.69) is 23.3 Å². The number of aryl methyl sites for hydroxylation is 1. The topological polar surface area (TPSA) is 98.3 Å². The zero-order valence-electron chi connectivity index (χ0n) is 13.3. The van der Waals surface area contributed by atoms with Crippen LogP contribution in [-0.2, 0) is 22.2 Å². The number of hydrogen-bond acceptors (Lipinski definition) is 5. The van der Waals surface area contributed by atoms with Crippen molar-refractivity contribution in [2.75, 3.05) is 5.75 Å². The molecule has 0 saturated heterocycles. The molecule has 0 radical (unpaired) electrons. The normalized spacial score (nSPS) is 13.3. The lowest BCUT2D eigenvalue weighted by atomic mass is 10.0. The van der Waals surface area contributed by atoms with E-state index in [4.69, 9.17) is 0 Å². The minimum Gasteiger partial charge on any atom is -0.790 e. The second-order valence-electron chi connectivity index (χ2n) is 5.56. The van der Waals surface area contributed by atoms with Gasteiger partial charge in [-0.25, -0.2) is 0 Å². The van der Waals surface area contributed by atoms with Gasteiger partial charge in [-0.05, 0) is 24.5 Å². The van der Waals surface area contributed by atoms with Crippen molar-refractivity contribution >= 4 is 30.4 Å². The lowest BCUT2D eigenvalue weighted by Crippen LogP contribution is -2.56. The van der Waals surface area contributed by atoms with Crippen LogP contribution >= 0.6 is 0 Å². The highest BCUT2D eigenvalue weighted by Gasteiger charge is 2.26. The number of carbonyl (C=O) groups excluding carboxylic acids is 3. The van der Waals surface area contributed by atoms with Crippen LogP contribution in [0.4, 0.5) is 0 Å². The molecule has 0 unspecified atom stereocenters. The summed E-state index contributed by atoms with van der Waals surface area (Å²) >= 11 is 4.68. The monoisotopic (exact) mass is 336 g/mol. The van der Waals surface area contributed by atoms with Gasteiger partial charge in [0.25, 0.3) is 5.91 Å². The smallest absolute Gasteiger partial charge is 0.252 e. The molecule has 0 aliphatic carbocycles. The van der Waals surface area contributed by atoms with Gasteiger partial charge in [0.15, 0.2) is 0 Å². The van der Waals surface area contributed by atoms with Crippen LogP contribution in [0.2, 0.25) is 0 Å². The van der Waals surface area contributed by atoms with Crippen molar-refractivity contribution in [3.8, 4) is 0 Å². The lowest BCUT2D eigenvalue weighted by Gasteiger charge is -2.27. The highest BCUT2D eigenvalue weighted by Crippen LogP contribution is 2.09. The van der Waals surface area contributed by atoms with Gasteiger partial charge in [0.1, 0.15) is 6.04 Å². The Morgan fingerprint density at radius 3 is 2.26 bits per heavy atom. The molecule has 1 aromatic rings. The Hall–Kier alpha value is -2.02. The van der Waals surface area contributed by atoms with Gasteiger partial charge >= 0.3 is 0 Å². The van der Waals surface area contributed by atoms with E-state index in [1.54, 1.807) is 39.0 Å². The Kier molecular flexibility index (Phi) is 7.09. The fourth-order valence-corrected chi connectivity index (χ4v) is 2.23. The van der Waals surface area contributed by atoms with Crippen molar-refractivity contribution in [2.24, 2.45) is 5.92 Å². The van der Waals surface area contributed by atoms with Gasteiger partial charge in [-0.15, -0.1) is 0 Å². The highest BCUT2D eigenvalue weighted by molar-refractivity contribution is 7.58. The van der Waals surface area contributed by atoms with Gasteiger partial charge in [-0.2, -0.15) is 5.75 Å². The summed E-state index contributed by atoms with van der Waals surface area (Å²) in [6.07, 6.45) is 0. The zero-order valence-corrected chi connectivity index (χ0v) is 14.1. The molecule has 1 rings (SSSR count). The predicted molar refractivity (Wildman–Crippen MR) is 86.4 cm³/mol. The molecule has 0 aromatic heterocycles. The Labute approximate surface area is 141 Å². The Morgan fingerprint density at radius 1 is 1.17 bits per heavy atom. The first-order valence-corrected chi connectivity index (χ1v) is 7.81. The molecule has 2 atom stereocenters. The van der Waals surface area contributed by atoms with Gasteiger partial charge in [-0.1, -0.05) is 32.0 Å². The van der Waals surface area contributed by atoms with E-state index in [0.717, 1.165) is 5.56 Å². The molecule has 0 fully saturated rings. The second-order valence-corrected chi connectivity index (χ2v) is 5.89. The average Bonchev–Trinajstić information content (AvgIpc) is 2.49. The molecule has 0 saturated carbocycles. The number of nitrogens with one attached hydrogen (secondary N) is 2. The first-order chi connectivity index (χ1) is 10.8. The molecule has 2 amide bonds. The Bertz CT molecular complexity index is 589. The zero-order chi connectivity index (χ0) is 17.6. The first-order valence-electron chi connectivity index (χ1n) is 7.23. The molecule has 2 N–H and O–H groups in total. The SMILES string of the molecule is Cc1ccccc1C(=O)N[C@H](C(=O)N[C@@H](C[S-])C(=O)[O-])C(C)C. The number of amides is 2. The van der Waals surface area contributed by atoms with Crippen molar-refractivity contribution in [3.63, 3.8) is 0 Å². The molecule has 0 spiro atoms. The summed E-state index contributed by atoms with van der Waals surface area (Å²) in [7, 11) is 0. The fraction of sp³-hybridized carbons (Fsp3) is 0.438. The number of benzene rings is 1. The molecule has 126 valence electrons. The lowest BCUT2D eigenvalue weighted by molar-refractivity contribution is -0.307. The number of hydrogen-bond donors (Lipinski definition) is 2. The van der Waals surface area contributed by atoms with E-state index in [-0.39, 0.29) is 17.6 Å². The summed E-state index contributed by atoms with van der Waals surface area (Å²) in [6, 6.07) is 4.87. The summed E-state index contributed by atoms with van der Waals surface area (Å²) in [5.74, 6) is -2.86. The van der Waals surface area contributed by atoms with Crippen molar-refractivity contribution in [3.05, 3.63) is 35.4 Å². The van der Waals surface area contributed by atoms with Crippen LogP contribution in [0.15, 0.2) is 24.3 Å². The third kappa shape index (κ3) is 5.28. The summed E-state index contributed by atoms with van der Waals surface area (Å²) in [5.41, 5.74) is 1.25. The van der Waals surface area contributed by atoms with Crippen LogP contribution in [0.5, 0.6) is 0 Å². The molecule has 0 bridgehead atoms. The number of carboxylic acid groups (broad SMARTS) is 1. The van der Waals surface area contributed by atoms with Crippen LogP contribution in [0.1, 0.15) is 29.8 Å². The fourth-order valence-electron chi connectivity index (χ4n) is 2.01. The van der Waals surface area contributed by atoms with E-state index >= 15 is 0 Å². The molecular weight excluding hydrogens is 316 g/mol. The molecule has 7 heteroatoms. The van der Waals surface area contributed by atoms with Crippen molar-refractivity contribution in [1.82, 2.24) is 10.6 Å². The molecular formula is C16H20N2O4S-2. The van der Waals surface area contributed by atoms with Crippen molar-refractivity contribution < 1.29 is 19.5 Å². The highest BCUT2D eigenvalue weighted by atomic mass is 32.1. The van der Waals surface area contributed by atoms with Gasteiger partial charge in [0.2, 0.25) is 5.91 Å². The second kappa shape index (κ2) is 8.57. The number of carbonyl (C=O) groups is 3. The van der Waals surface area contributed by atoms with Crippen molar-refractivity contribution in [2.45, 2.75) is 32.9 Å². The molecule has 0 aliphatic rings. The van der Waals surface area contributed by atoms with Gasteiger partial charge in [0, 0.05) is 11.6 Å². The standard InChI is InChI=1S/C16H22N2O4S/c1-9(2)13(15(20)17-12(8-23)16(21)22)18-14(19)11-7-5-4-6-10(11)3/h4-7,9,12-13,23H,8H2,1-3H3,(H,17,20)(H,18,19)(H,21,22)/p-2/t12-,13-/m0/s1. The van der Waals surface area contributed by atoms with Crippen LogP contribution in [-0.4, -0.2) is 35.6 Å². The number of carboxylic acids is 1. The molecule has 0 heterocycles. The average molecular weight is 336 g/mol. The number of aliphatic carboxylic acids is 1. The maximum Gasteiger partial charge on any atom is 0.252 e. The number of rotatable bonds is 7. The summed E-state index contributed by atoms with van der Waals surface area (Å²) in [6.45, 7) is 5.30. The Balaban J connectivity index is 2.87. The van der Waals surface area contributed by atoms with Gasteiger partial charge in [-0.3, -0.25) is 9.59 Å². The minimum absolute atomic E-state index is 0.204. The van der Waals surface area contributed by atoms with Crippen LogP contribution in [0.3, 0.4) is 0 Å². The van der Waals surface area contributed by atoms with E-state index in [1.807, 2.05) is 6.07 Å². The largest absolute Gasteiger partial charge is 0.790 e. The third-order valence-corrected chi connectivity index (χ3v) is 3.73. The quantitative estimate of drug-likeness (QED) is 0.656. The van der Waals surface area contributed by atoms with Crippen LogP contribution < -0.4 is 15.7 Å². The van der Waals surface area contributed by atoms with E-state index < -0.39 is 24.0 Å². The van der Waals surface area contributed by atoms with E-state index in [9.17, 15) is 19.5 Å². The molecule has 0 aliphatic heterocycles. The molecule has 6 nitrogen and oxygen atoms in total. The molecule has 23 heavy (non-hydrogen) atoms. The van der Waals surface area contributed by atoms with Gasteiger partial charge in [0.05, 0.1) is 5.97 Å².